The van der Waals surface area contributed by atoms with E-state index in [1.165, 1.54) is 26.0 Å². The second kappa shape index (κ2) is 4.56. The first-order chi connectivity index (χ1) is 6.59. The summed E-state index contributed by atoms with van der Waals surface area (Å²) in [5, 5.41) is 0. The van der Waals surface area contributed by atoms with E-state index in [1.807, 2.05) is 11.3 Å². The van der Waals surface area contributed by atoms with Crippen molar-refractivity contribution in [2.24, 2.45) is 11.8 Å². The van der Waals surface area contributed by atoms with Gasteiger partial charge in [-0.25, -0.2) is 0 Å². The second-order valence-corrected chi connectivity index (χ2v) is 8.11. The molecule has 0 bridgehead atoms. The van der Waals surface area contributed by atoms with Crippen LogP contribution < -0.4 is 0 Å². The molecule has 0 N–H and O–H groups in total. The van der Waals surface area contributed by atoms with Gasteiger partial charge in [-0.1, -0.05) is 22.9 Å². The monoisotopic (exact) mass is 400 g/mol. The molecular formula is C10H11Br3S. The van der Waals surface area contributed by atoms with E-state index >= 15 is 0 Å². The Balaban J connectivity index is 2.13. The molecule has 78 valence electrons. The van der Waals surface area contributed by atoms with Crippen LogP contribution in [0.5, 0.6) is 0 Å². The fourth-order valence-electron chi connectivity index (χ4n) is 1.62. The van der Waals surface area contributed by atoms with E-state index in [0.29, 0.717) is 4.83 Å². The Morgan fingerprint density at radius 1 is 1.43 bits per heavy atom. The number of alkyl halides is 1. The van der Waals surface area contributed by atoms with Gasteiger partial charge in [-0.3, -0.25) is 0 Å². The van der Waals surface area contributed by atoms with Crippen LogP contribution in [0.1, 0.15) is 29.5 Å². The zero-order chi connectivity index (χ0) is 10.3. The third-order valence-corrected chi connectivity index (χ3v) is 7.73. The molecule has 2 rings (SSSR count). The van der Waals surface area contributed by atoms with E-state index in [2.05, 4.69) is 60.8 Å². The van der Waals surface area contributed by atoms with Crippen LogP contribution in [-0.4, -0.2) is 0 Å². The molecule has 1 heterocycles. The van der Waals surface area contributed by atoms with Crippen molar-refractivity contribution in [3.63, 3.8) is 0 Å². The molecule has 0 aliphatic heterocycles. The smallest absolute Gasteiger partial charge is 0.0843 e. The van der Waals surface area contributed by atoms with Crippen molar-refractivity contribution in [2.75, 3.05) is 0 Å². The summed E-state index contributed by atoms with van der Waals surface area (Å²) >= 11 is 12.7. The molecule has 0 spiro atoms. The molecule has 0 radical (unpaired) electrons. The molecule has 4 heteroatoms. The first-order valence-corrected chi connectivity index (χ1v) is 8.00. The molecule has 2 unspecified atom stereocenters. The van der Waals surface area contributed by atoms with Gasteiger partial charge in [0, 0.05) is 9.35 Å². The number of hydrogen-bond acceptors (Lipinski definition) is 1. The summed E-state index contributed by atoms with van der Waals surface area (Å²) in [7, 11) is 0. The van der Waals surface area contributed by atoms with Gasteiger partial charge in [0.1, 0.15) is 0 Å². The van der Waals surface area contributed by atoms with Gasteiger partial charge < -0.3 is 0 Å². The third-order valence-electron chi connectivity index (χ3n) is 2.76. The fraction of sp³-hybridized carbons (Fsp3) is 0.600. The molecule has 14 heavy (non-hydrogen) atoms. The molecule has 0 nitrogen and oxygen atoms in total. The number of rotatable bonds is 3. The quantitative estimate of drug-likeness (QED) is 0.564. The molecule has 1 aliphatic carbocycles. The van der Waals surface area contributed by atoms with Crippen LogP contribution in [0.4, 0.5) is 0 Å². The lowest BCUT2D eigenvalue weighted by atomic mass is 10.0. The van der Waals surface area contributed by atoms with Crippen LogP contribution >= 0.6 is 59.1 Å². The summed E-state index contributed by atoms with van der Waals surface area (Å²) < 4.78 is 2.37. The minimum Gasteiger partial charge on any atom is -0.131 e. The highest BCUT2D eigenvalue weighted by Crippen LogP contribution is 2.49. The minimum absolute atomic E-state index is 0.516. The van der Waals surface area contributed by atoms with Gasteiger partial charge in [-0.05, 0) is 62.6 Å². The molecule has 1 fully saturated rings. The van der Waals surface area contributed by atoms with E-state index in [9.17, 15) is 0 Å². The van der Waals surface area contributed by atoms with Crippen LogP contribution in [0.15, 0.2) is 14.3 Å². The molecular weight excluding hydrogens is 392 g/mol. The maximum atomic E-state index is 3.81. The highest BCUT2D eigenvalue weighted by atomic mass is 79.9. The Bertz CT molecular complexity index is 311. The summed E-state index contributed by atoms with van der Waals surface area (Å²) in [4.78, 5) is 1.94. The summed E-state index contributed by atoms with van der Waals surface area (Å²) in [5.74, 6) is 1.70. The van der Waals surface area contributed by atoms with Crippen LogP contribution in [0.25, 0.3) is 0 Å². The van der Waals surface area contributed by atoms with Crippen molar-refractivity contribution < 1.29 is 0 Å². The van der Waals surface area contributed by atoms with E-state index < -0.39 is 0 Å². The van der Waals surface area contributed by atoms with Crippen molar-refractivity contribution >= 4 is 59.1 Å². The number of thiophene rings is 1. The molecule has 0 saturated heterocycles. The molecule has 2 atom stereocenters. The Labute approximate surface area is 114 Å². The van der Waals surface area contributed by atoms with Gasteiger partial charge in [0.15, 0.2) is 0 Å². The fourth-order valence-corrected chi connectivity index (χ4v) is 4.65. The first kappa shape index (κ1) is 11.6. The van der Waals surface area contributed by atoms with Crippen LogP contribution in [-0.2, 0) is 0 Å². The summed E-state index contributed by atoms with van der Waals surface area (Å²) in [6.07, 6.45) is 2.83. The van der Waals surface area contributed by atoms with Gasteiger partial charge in [0.05, 0.1) is 8.61 Å². The van der Waals surface area contributed by atoms with Crippen LogP contribution in [0.3, 0.4) is 0 Å². The van der Waals surface area contributed by atoms with Crippen molar-refractivity contribution in [3.05, 3.63) is 19.2 Å². The zero-order valence-corrected chi connectivity index (χ0v) is 13.3. The molecule has 1 aromatic heterocycles. The van der Waals surface area contributed by atoms with Gasteiger partial charge >= 0.3 is 0 Å². The maximum absolute atomic E-state index is 3.81. The zero-order valence-electron chi connectivity index (χ0n) is 7.77. The first-order valence-electron chi connectivity index (χ1n) is 4.68. The largest absolute Gasteiger partial charge is 0.131 e. The molecule has 0 aromatic carbocycles. The lowest BCUT2D eigenvalue weighted by molar-refractivity contribution is 0.506. The standard InChI is InChI=1S/C10H11Br3S/c1-5(6-2-3-6)9(12)8-4-7(11)10(13)14-8/h4-6,9H,2-3H2,1H3. The minimum atomic E-state index is 0.516. The molecule has 1 saturated carbocycles. The lowest BCUT2D eigenvalue weighted by Gasteiger charge is -2.15. The van der Waals surface area contributed by atoms with Crippen molar-refractivity contribution in [1.82, 2.24) is 0 Å². The second-order valence-electron chi connectivity index (χ2n) is 3.87. The average molecular weight is 403 g/mol. The van der Waals surface area contributed by atoms with E-state index in [1.54, 1.807) is 0 Å². The summed E-state index contributed by atoms with van der Waals surface area (Å²) in [6, 6.07) is 2.22. The molecule has 0 amide bonds. The van der Waals surface area contributed by atoms with Gasteiger partial charge in [-0.2, -0.15) is 0 Å². The predicted molar refractivity (Wildman–Crippen MR) is 73.3 cm³/mol. The van der Waals surface area contributed by atoms with Crippen molar-refractivity contribution in [3.8, 4) is 0 Å². The SMILES string of the molecule is CC(C1CC1)C(Br)c1cc(Br)c(Br)s1. The summed E-state index contributed by atoms with van der Waals surface area (Å²) in [5.41, 5.74) is 0. The predicted octanol–water partition coefficient (Wildman–Crippen LogP) is 5.76. The lowest BCUT2D eigenvalue weighted by Crippen LogP contribution is -2.03. The van der Waals surface area contributed by atoms with Crippen LogP contribution in [0, 0.1) is 11.8 Å². The average Bonchev–Trinajstić information content (AvgIpc) is 2.93. The highest BCUT2D eigenvalue weighted by molar-refractivity contribution is 9.13. The van der Waals surface area contributed by atoms with Crippen molar-refractivity contribution in [2.45, 2.75) is 24.6 Å². The van der Waals surface area contributed by atoms with E-state index in [-0.39, 0.29) is 0 Å². The van der Waals surface area contributed by atoms with Gasteiger partial charge in [-0.15, -0.1) is 11.3 Å². The topological polar surface area (TPSA) is 0 Å². The Morgan fingerprint density at radius 2 is 2.07 bits per heavy atom. The third kappa shape index (κ3) is 2.45. The highest BCUT2D eigenvalue weighted by Gasteiger charge is 2.33. The van der Waals surface area contributed by atoms with E-state index in [4.69, 9.17) is 0 Å². The maximum Gasteiger partial charge on any atom is 0.0843 e. The number of hydrogen-bond donors (Lipinski definition) is 0. The molecule has 1 aromatic rings. The van der Waals surface area contributed by atoms with Crippen LogP contribution in [0.2, 0.25) is 0 Å². The Morgan fingerprint density at radius 3 is 2.50 bits per heavy atom. The Hall–Kier alpha value is 1.14. The van der Waals surface area contributed by atoms with E-state index in [0.717, 1.165) is 11.8 Å². The molecule has 1 aliphatic rings. The Kier molecular flexibility index (Phi) is 3.78. The van der Waals surface area contributed by atoms with Gasteiger partial charge in [0.25, 0.3) is 0 Å². The van der Waals surface area contributed by atoms with Gasteiger partial charge in [0.2, 0.25) is 0 Å². The summed E-state index contributed by atoms with van der Waals surface area (Å²) in [6.45, 7) is 2.35. The van der Waals surface area contributed by atoms with Crippen molar-refractivity contribution in [1.29, 1.82) is 0 Å². The number of halogens is 3. The normalized spacial score (nSPS) is 20.9.